The molecule has 4 nitrogen and oxygen atoms in total. The molecule has 19 heavy (non-hydrogen) atoms. The summed E-state index contributed by atoms with van der Waals surface area (Å²) in [5, 5.41) is 0. The van der Waals surface area contributed by atoms with E-state index in [2.05, 4.69) is 43.9 Å². The van der Waals surface area contributed by atoms with E-state index >= 15 is 0 Å². The van der Waals surface area contributed by atoms with Crippen LogP contribution in [-0.4, -0.2) is 36.1 Å². The Morgan fingerprint density at radius 1 is 1.37 bits per heavy atom. The summed E-state index contributed by atoms with van der Waals surface area (Å²) in [6.07, 6.45) is 3.38. The normalized spacial score (nSPS) is 14.8. The molecule has 1 aromatic rings. The Hall–Kier alpha value is -1.13. The van der Waals surface area contributed by atoms with Crippen molar-refractivity contribution in [3.8, 4) is 5.88 Å². The zero-order chi connectivity index (χ0) is 14.0. The topological polar surface area (TPSA) is 51.4 Å². The van der Waals surface area contributed by atoms with Crippen LogP contribution in [0.4, 0.5) is 0 Å². The van der Waals surface area contributed by atoms with Gasteiger partial charge in [0, 0.05) is 23.3 Å². The summed E-state index contributed by atoms with van der Waals surface area (Å²) in [5.41, 5.74) is 9.35. The van der Waals surface area contributed by atoms with E-state index in [4.69, 9.17) is 10.5 Å². The summed E-state index contributed by atoms with van der Waals surface area (Å²) in [7, 11) is 4.12. The van der Waals surface area contributed by atoms with Gasteiger partial charge in [0.05, 0.1) is 0 Å². The van der Waals surface area contributed by atoms with Crippen molar-refractivity contribution in [1.82, 2.24) is 9.88 Å². The lowest BCUT2D eigenvalue weighted by Crippen LogP contribution is -2.43. The number of hydrogen-bond acceptors (Lipinski definition) is 4. The molecule has 0 bridgehead atoms. The molecule has 2 N–H and O–H groups in total. The monoisotopic (exact) mass is 263 g/mol. The van der Waals surface area contributed by atoms with Crippen molar-refractivity contribution in [2.75, 3.05) is 20.7 Å². The third-order valence-electron chi connectivity index (χ3n) is 4.08. The molecule has 0 unspecified atom stereocenters. The highest BCUT2D eigenvalue weighted by molar-refractivity contribution is 5.36. The number of aromatic nitrogens is 1. The van der Waals surface area contributed by atoms with Crippen LogP contribution in [0.15, 0.2) is 6.07 Å². The molecule has 0 radical (unpaired) electrons. The summed E-state index contributed by atoms with van der Waals surface area (Å²) in [4.78, 5) is 6.82. The van der Waals surface area contributed by atoms with Crippen LogP contribution in [0.1, 0.15) is 37.1 Å². The third kappa shape index (κ3) is 3.07. The van der Waals surface area contributed by atoms with Crippen molar-refractivity contribution in [2.24, 2.45) is 5.73 Å². The first-order chi connectivity index (χ1) is 8.94. The maximum Gasteiger partial charge on any atom is 0.218 e. The fourth-order valence-corrected chi connectivity index (χ4v) is 2.15. The maximum atomic E-state index is 5.95. The molecule has 1 aliphatic carbocycles. The van der Waals surface area contributed by atoms with Crippen molar-refractivity contribution in [1.29, 1.82) is 0 Å². The van der Waals surface area contributed by atoms with Crippen LogP contribution < -0.4 is 10.5 Å². The number of nitrogens with two attached hydrogens (primary N) is 1. The zero-order valence-electron chi connectivity index (χ0n) is 12.5. The molecule has 1 aromatic heterocycles. The number of ether oxygens (including phenoxy) is 1. The molecule has 0 amide bonds. The molecule has 0 atom stereocenters. The quantitative estimate of drug-likeness (QED) is 0.879. The first-order valence-corrected chi connectivity index (χ1v) is 6.96. The van der Waals surface area contributed by atoms with Crippen LogP contribution in [0.5, 0.6) is 5.88 Å². The van der Waals surface area contributed by atoms with Gasteiger partial charge in [0.1, 0.15) is 6.61 Å². The van der Waals surface area contributed by atoms with Crippen LogP contribution in [0, 0.1) is 0 Å². The van der Waals surface area contributed by atoms with Crippen molar-refractivity contribution >= 4 is 0 Å². The first-order valence-electron chi connectivity index (χ1n) is 6.96. The number of fused-ring (bicyclic) bond motifs is 1. The van der Waals surface area contributed by atoms with Crippen molar-refractivity contribution in [2.45, 2.75) is 45.2 Å². The summed E-state index contributed by atoms with van der Waals surface area (Å²) < 4.78 is 5.95. The average Bonchev–Trinajstić information content (AvgIpc) is 2.81. The molecule has 0 saturated carbocycles. The SMILES string of the molecule is CN(C)C(C)(C)COc1nc2c(cc1CN)CCC2. The molecule has 1 aliphatic rings. The molecule has 106 valence electrons. The van der Waals surface area contributed by atoms with Gasteiger partial charge in [-0.05, 0) is 58.8 Å². The minimum Gasteiger partial charge on any atom is -0.475 e. The molecule has 1 heterocycles. The van der Waals surface area contributed by atoms with E-state index in [1.807, 2.05) is 0 Å². The van der Waals surface area contributed by atoms with Gasteiger partial charge in [0.2, 0.25) is 5.88 Å². The van der Waals surface area contributed by atoms with E-state index in [1.165, 1.54) is 17.7 Å². The molecule has 4 heteroatoms. The van der Waals surface area contributed by atoms with Gasteiger partial charge in [-0.25, -0.2) is 4.98 Å². The van der Waals surface area contributed by atoms with Crippen LogP contribution in [0.25, 0.3) is 0 Å². The molecule has 0 saturated heterocycles. The molecule has 0 fully saturated rings. The minimum atomic E-state index is -0.0213. The van der Waals surface area contributed by atoms with Crippen LogP contribution in [0.3, 0.4) is 0 Å². The van der Waals surface area contributed by atoms with E-state index in [-0.39, 0.29) is 5.54 Å². The second-order valence-electron chi connectivity index (χ2n) is 6.11. The number of hydrogen-bond donors (Lipinski definition) is 1. The predicted molar refractivity (Wildman–Crippen MR) is 77.4 cm³/mol. The Morgan fingerprint density at radius 2 is 2.11 bits per heavy atom. The van der Waals surface area contributed by atoms with E-state index in [0.717, 1.165) is 24.3 Å². The molecular weight excluding hydrogens is 238 g/mol. The zero-order valence-corrected chi connectivity index (χ0v) is 12.5. The molecule has 2 rings (SSSR count). The predicted octanol–water partition coefficient (Wildman–Crippen LogP) is 1.75. The highest BCUT2D eigenvalue weighted by Gasteiger charge is 2.23. The molecule has 0 aliphatic heterocycles. The van der Waals surface area contributed by atoms with Crippen molar-refractivity contribution < 1.29 is 4.74 Å². The number of rotatable bonds is 5. The van der Waals surface area contributed by atoms with Gasteiger partial charge in [-0.3, -0.25) is 0 Å². The summed E-state index contributed by atoms with van der Waals surface area (Å²) in [6, 6.07) is 2.17. The number of pyridine rings is 1. The van der Waals surface area contributed by atoms with Gasteiger partial charge in [-0.2, -0.15) is 0 Å². The number of aryl methyl sites for hydroxylation is 2. The average molecular weight is 263 g/mol. The Morgan fingerprint density at radius 3 is 2.74 bits per heavy atom. The van der Waals surface area contributed by atoms with Gasteiger partial charge < -0.3 is 15.4 Å². The fourth-order valence-electron chi connectivity index (χ4n) is 2.15. The fraction of sp³-hybridized carbons (Fsp3) is 0.667. The lowest BCUT2D eigenvalue weighted by molar-refractivity contribution is 0.110. The Labute approximate surface area is 116 Å². The van der Waals surface area contributed by atoms with Gasteiger partial charge in [-0.1, -0.05) is 0 Å². The second kappa shape index (κ2) is 5.47. The van der Waals surface area contributed by atoms with Gasteiger partial charge in [0.15, 0.2) is 0 Å². The van der Waals surface area contributed by atoms with E-state index in [1.54, 1.807) is 0 Å². The summed E-state index contributed by atoms with van der Waals surface area (Å²) in [5.74, 6) is 0.720. The van der Waals surface area contributed by atoms with E-state index < -0.39 is 0 Å². The van der Waals surface area contributed by atoms with Gasteiger partial charge in [0.25, 0.3) is 0 Å². The van der Waals surface area contributed by atoms with Crippen LogP contribution in [0.2, 0.25) is 0 Å². The van der Waals surface area contributed by atoms with Crippen LogP contribution >= 0.6 is 0 Å². The largest absolute Gasteiger partial charge is 0.475 e. The standard InChI is InChI=1S/C15H25N3O/c1-15(2,18(3)4)10-19-14-12(9-16)8-11-6-5-7-13(11)17-14/h8H,5-7,9-10,16H2,1-4H3. The van der Waals surface area contributed by atoms with Crippen molar-refractivity contribution in [3.63, 3.8) is 0 Å². The second-order valence-corrected chi connectivity index (χ2v) is 6.11. The lowest BCUT2D eigenvalue weighted by Gasteiger charge is -2.32. The summed E-state index contributed by atoms with van der Waals surface area (Å²) in [6.45, 7) is 5.40. The summed E-state index contributed by atoms with van der Waals surface area (Å²) >= 11 is 0. The number of likely N-dealkylation sites (N-methyl/N-ethyl adjacent to an activating group) is 1. The van der Waals surface area contributed by atoms with Crippen molar-refractivity contribution in [3.05, 3.63) is 22.9 Å². The van der Waals surface area contributed by atoms with E-state index in [9.17, 15) is 0 Å². The molecule has 0 spiro atoms. The Balaban J connectivity index is 2.16. The van der Waals surface area contributed by atoms with E-state index in [0.29, 0.717) is 13.2 Å². The highest BCUT2D eigenvalue weighted by Crippen LogP contribution is 2.27. The van der Waals surface area contributed by atoms with Crippen LogP contribution in [-0.2, 0) is 19.4 Å². The lowest BCUT2D eigenvalue weighted by atomic mass is 10.1. The molecule has 0 aromatic carbocycles. The first kappa shape index (κ1) is 14.3. The minimum absolute atomic E-state index is 0.0213. The highest BCUT2D eigenvalue weighted by atomic mass is 16.5. The smallest absolute Gasteiger partial charge is 0.218 e. The third-order valence-corrected chi connectivity index (χ3v) is 4.08. The molecular formula is C15H25N3O. The van der Waals surface area contributed by atoms with Gasteiger partial charge in [-0.15, -0.1) is 0 Å². The van der Waals surface area contributed by atoms with Gasteiger partial charge >= 0.3 is 0 Å². The Bertz CT molecular complexity index is 455. The number of nitrogens with zero attached hydrogens (tertiary/aromatic N) is 2. The Kier molecular flexibility index (Phi) is 4.11. The maximum absolute atomic E-state index is 5.95.